The average molecular weight is 140 g/mol. The van der Waals surface area contributed by atoms with Gasteiger partial charge >= 0.3 is 0 Å². The summed E-state index contributed by atoms with van der Waals surface area (Å²) in [5, 5.41) is 8.84. The van der Waals surface area contributed by atoms with Gasteiger partial charge in [-0.1, -0.05) is 19.4 Å². The minimum atomic E-state index is 0.274. The van der Waals surface area contributed by atoms with Crippen LogP contribution in [0.1, 0.15) is 32.6 Å². The summed E-state index contributed by atoms with van der Waals surface area (Å²) in [5.41, 5.74) is 1.25. The number of allylic oxidation sites excluding steroid dienone is 1. The molecule has 1 atom stereocenters. The van der Waals surface area contributed by atoms with Crippen LogP contribution in [0, 0.1) is 5.92 Å². The van der Waals surface area contributed by atoms with Crippen molar-refractivity contribution in [2.75, 3.05) is 6.61 Å². The molecule has 1 unspecified atom stereocenters. The zero-order valence-corrected chi connectivity index (χ0v) is 6.64. The molecule has 58 valence electrons. The SMILES string of the molecule is CCC1CCC=C(CO)C1. The Kier molecular flexibility index (Phi) is 2.94. The zero-order valence-electron chi connectivity index (χ0n) is 6.64. The minimum absolute atomic E-state index is 0.274. The van der Waals surface area contributed by atoms with E-state index in [1.807, 2.05) is 0 Å². The van der Waals surface area contributed by atoms with Crippen LogP contribution in [0.2, 0.25) is 0 Å². The van der Waals surface area contributed by atoms with Crippen LogP contribution in [0.5, 0.6) is 0 Å². The summed E-state index contributed by atoms with van der Waals surface area (Å²) in [6, 6.07) is 0. The van der Waals surface area contributed by atoms with Gasteiger partial charge in [0.25, 0.3) is 0 Å². The predicted octanol–water partition coefficient (Wildman–Crippen LogP) is 2.12. The summed E-state index contributed by atoms with van der Waals surface area (Å²) in [7, 11) is 0. The zero-order chi connectivity index (χ0) is 7.40. The van der Waals surface area contributed by atoms with Crippen molar-refractivity contribution in [2.45, 2.75) is 32.6 Å². The summed E-state index contributed by atoms with van der Waals surface area (Å²) in [4.78, 5) is 0. The lowest BCUT2D eigenvalue weighted by Crippen LogP contribution is -2.07. The Morgan fingerprint density at radius 1 is 1.70 bits per heavy atom. The highest BCUT2D eigenvalue weighted by atomic mass is 16.3. The maximum Gasteiger partial charge on any atom is 0.0641 e. The van der Waals surface area contributed by atoms with E-state index >= 15 is 0 Å². The van der Waals surface area contributed by atoms with E-state index in [-0.39, 0.29) is 6.61 Å². The summed E-state index contributed by atoms with van der Waals surface area (Å²) in [6.07, 6.45) is 7.07. The molecule has 0 saturated heterocycles. The quantitative estimate of drug-likeness (QED) is 0.582. The Bertz CT molecular complexity index is 127. The van der Waals surface area contributed by atoms with E-state index in [4.69, 9.17) is 5.11 Å². The van der Waals surface area contributed by atoms with E-state index in [0.29, 0.717) is 0 Å². The first-order chi connectivity index (χ1) is 4.86. The van der Waals surface area contributed by atoms with Crippen molar-refractivity contribution in [1.29, 1.82) is 0 Å². The van der Waals surface area contributed by atoms with Gasteiger partial charge in [0.1, 0.15) is 0 Å². The topological polar surface area (TPSA) is 20.2 Å². The van der Waals surface area contributed by atoms with Gasteiger partial charge in [-0.05, 0) is 30.8 Å². The van der Waals surface area contributed by atoms with Gasteiger partial charge in [0.15, 0.2) is 0 Å². The van der Waals surface area contributed by atoms with Gasteiger partial charge in [0.05, 0.1) is 6.61 Å². The Hall–Kier alpha value is -0.300. The second kappa shape index (κ2) is 3.77. The lowest BCUT2D eigenvalue weighted by molar-refractivity contribution is 0.309. The molecule has 0 aromatic rings. The van der Waals surface area contributed by atoms with Gasteiger partial charge < -0.3 is 5.11 Å². The van der Waals surface area contributed by atoms with Gasteiger partial charge in [0, 0.05) is 0 Å². The Labute approximate surface area is 62.8 Å². The lowest BCUT2D eigenvalue weighted by atomic mass is 9.87. The number of hydrogen-bond donors (Lipinski definition) is 1. The minimum Gasteiger partial charge on any atom is -0.392 e. The summed E-state index contributed by atoms with van der Waals surface area (Å²) in [6.45, 7) is 2.50. The van der Waals surface area contributed by atoms with Gasteiger partial charge in [-0.2, -0.15) is 0 Å². The molecule has 0 saturated carbocycles. The third kappa shape index (κ3) is 1.84. The molecule has 10 heavy (non-hydrogen) atoms. The summed E-state index contributed by atoms with van der Waals surface area (Å²) >= 11 is 0. The standard InChI is InChI=1S/C9H16O/c1-2-8-4-3-5-9(6-8)7-10/h5,8,10H,2-4,6-7H2,1H3. The predicted molar refractivity (Wildman–Crippen MR) is 42.8 cm³/mol. The molecule has 1 nitrogen and oxygen atoms in total. The van der Waals surface area contributed by atoms with E-state index < -0.39 is 0 Å². The number of rotatable bonds is 2. The molecule has 1 aliphatic carbocycles. The highest BCUT2D eigenvalue weighted by molar-refractivity contribution is 5.06. The van der Waals surface area contributed by atoms with Crippen molar-refractivity contribution in [3.8, 4) is 0 Å². The first-order valence-corrected chi connectivity index (χ1v) is 4.15. The van der Waals surface area contributed by atoms with E-state index in [1.165, 1.54) is 24.8 Å². The largest absolute Gasteiger partial charge is 0.392 e. The van der Waals surface area contributed by atoms with E-state index in [0.717, 1.165) is 12.3 Å². The van der Waals surface area contributed by atoms with E-state index in [9.17, 15) is 0 Å². The van der Waals surface area contributed by atoms with Crippen molar-refractivity contribution < 1.29 is 5.11 Å². The van der Waals surface area contributed by atoms with Crippen LogP contribution in [0.25, 0.3) is 0 Å². The summed E-state index contributed by atoms with van der Waals surface area (Å²) in [5.74, 6) is 0.840. The van der Waals surface area contributed by atoms with Crippen LogP contribution in [0.3, 0.4) is 0 Å². The van der Waals surface area contributed by atoms with Gasteiger partial charge in [-0.25, -0.2) is 0 Å². The normalized spacial score (nSPS) is 26.2. The Morgan fingerprint density at radius 2 is 2.50 bits per heavy atom. The Morgan fingerprint density at radius 3 is 3.10 bits per heavy atom. The number of aliphatic hydroxyl groups is 1. The molecule has 0 fully saturated rings. The fourth-order valence-corrected chi connectivity index (χ4v) is 1.56. The summed E-state index contributed by atoms with van der Waals surface area (Å²) < 4.78 is 0. The molecule has 0 amide bonds. The first-order valence-electron chi connectivity index (χ1n) is 4.15. The number of aliphatic hydroxyl groups excluding tert-OH is 1. The third-order valence-electron chi connectivity index (χ3n) is 2.34. The van der Waals surface area contributed by atoms with Crippen molar-refractivity contribution in [2.24, 2.45) is 5.92 Å². The third-order valence-corrected chi connectivity index (χ3v) is 2.34. The van der Waals surface area contributed by atoms with E-state index in [1.54, 1.807) is 0 Å². The molecule has 1 heteroatoms. The van der Waals surface area contributed by atoms with Crippen molar-refractivity contribution >= 4 is 0 Å². The molecule has 0 heterocycles. The average Bonchev–Trinajstić information content (AvgIpc) is 2.05. The van der Waals surface area contributed by atoms with Crippen LogP contribution in [0.4, 0.5) is 0 Å². The highest BCUT2D eigenvalue weighted by Crippen LogP contribution is 2.25. The number of hydrogen-bond acceptors (Lipinski definition) is 1. The molecule has 0 aromatic heterocycles. The molecule has 0 spiro atoms. The van der Waals surface area contributed by atoms with Crippen molar-refractivity contribution in [1.82, 2.24) is 0 Å². The molecule has 1 N–H and O–H groups in total. The first kappa shape index (κ1) is 7.80. The second-order valence-electron chi connectivity index (χ2n) is 3.08. The fourth-order valence-electron chi connectivity index (χ4n) is 1.56. The van der Waals surface area contributed by atoms with Crippen LogP contribution in [-0.2, 0) is 0 Å². The highest BCUT2D eigenvalue weighted by Gasteiger charge is 2.12. The molecular weight excluding hydrogens is 124 g/mol. The second-order valence-corrected chi connectivity index (χ2v) is 3.08. The van der Waals surface area contributed by atoms with E-state index in [2.05, 4.69) is 13.0 Å². The molecule has 1 rings (SSSR count). The maximum absolute atomic E-state index is 8.84. The maximum atomic E-state index is 8.84. The van der Waals surface area contributed by atoms with Crippen LogP contribution in [-0.4, -0.2) is 11.7 Å². The van der Waals surface area contributed by atoms with Crippen LogP contribution >= 0.6 is 0 Å². The molecule has 0 bridgehead atoms. The van der Waals surface area contributed by atoms with Gasteiger partial charge in [-0.15, -0.1) is 0 Å². The molecule has 0 aliphatic heterocycles. The molecule has 0 radical (unpaired) electrons. The lowest BCUT2D eigenvalue weighted by Gasteiger charge is -2.19. The fraction of sp³-hybridized carbons (Fsp3) is 0.778. The van der Waals surface area contributed by atoms with Gasteiger partial charge in [-0.3, -0.25) is 0 Å². The van der Waals surface area contributed by atoms with Crippen molar-refractivity contribution in [3.63, 3.8) is 0 Å². The van der Waals surface area contributed by atoms with Crippen molar-refractivity contribution in [3.05, 3.63) is 11.6 Å². The van der Waals surface area contributed by atoms with Crippen LogP contribution < -0.4 is 0 Å². The monoisotopic (exact) mass is 140 g/mol. The molecule has 0 aromatic carbocycles. The molecule has 1 aliphatic rings. The smallest absolute Gasteiger partial charge is 0.0641 e. The van der Waals surface area contributed by atoms with Crippen LogP contribution in [0.15, 0.2) is 11.6 Å². The Balaban J connectivity index is 2.40. The van der Waals surface area contributed by atoms with Gasteiger partial charge in [0.2, 0.25) is 0 Å². The molecular formula is C9H16O.